The minimum Gasteiger partial charge on any atom is -0.496 e. The number of carbonyl (C=O) groups excluding carboxylic acids is 1. The average molecular weight is 356 g/mol. The lowest BCUT2D eigenvalue weighted by Gasteiger charge is -2.18. The van der Waals surface area contributed by atoms with Crippen LogP contribution in [0.2, 0.25) is 0 Å². The SMILES string of the molecule is COc1ccccc1CCC(=O)N[C@@H]1CN(c2ncccn2)C[C@H]1CO. The van der Waals surface area contributed by atoms with Gasteiger partial charge in [0.1, 0.15) is 5.75 Å². The number of para-hydroxylation sites is 1. The summed E-state index contributed by atoms with van der Waals surface area (Å²) < 4.78 is 5.32. The Morgan fingerprint density at radius 2 is 2.04 bits per heavy atom. The summed E-state index contributed by atoms with van der Waals surface area (Å²) in [6.07, 6.45) is 4.36. The number of rotatable bonds is 7. The molecular formula is C19H24N4O3. The van der Waals surface area contributed by atoms with Crippen LogP contribution in [0.5, 0.6) is 5.75 Å². The number of hydrogen-bond donors (Lipinski definition) is 2. The third-order valence-corrected chi connectivity index (χ3v) is 4.67. The molecule has 7 heteroatoms. The molecule has 2 heterocycles. The second-order valence-corrected chi connectivity index (χ2v) is 6.38. The van der Waals surface area contributed by atoms with Crippen LogP contribution < -0.4 is 15.0 Å². The molecule has 1 aliphatic heterocycles. The number of amides is 1. The minimum atomic E-state index is -0.117. The van der Waals surface area contributed by atoms with Crippen LogP contribution in [0.3, 0.4) is 0 Å². The van der Waals surface area contributed by atoms with Crippen molar-refractivity contribution >= 4 is 11.9 Å². The molecule has 138 valence electrons. The van der Waals surface area contributed by atoms with Crippen molar-refractivity contribution in [2.24, 2.45) is 5.92 Å². The molecular weight excluding hydrogens is 332 g/mol. The van der Waals surface area contributed by atoms with Gasteiger partial charge >= 0.3 is 0 Å². The van der Waals surface area contributed by atoms with Crippen LogP contribution in [-0.2, 0) is 11.2 Å². The molecule has 1 fully saturated rings. The van der Waals surface area contributed by atoms with Crippen LogP contribution in [-0.4, -0.2) is 53.8 Å². The molecule has 2 aromatic rings. The number of methoxy groups -OCH3 is 1. The summed E-state index contributed by atoms with van der Waals surface area (Å²) in [5.41, 5.74) is 1.01. The summed E-state index contributed by atoms with van der Waals surface area (Å²) in [4.78, 5) is 22.9. The first-order valence-corrected chi connectivity index (χ1v) is 8.75. The van der Waals surface area contributed by atoms with E-state index in [2.05, 4.69) is 15.3 Å². The number of aliphatic hydroxyl groups excluding tert-OH is 1. The van der Waals surface area contributed by atoms with E-state index in [1.54, 1.807) is 25.6 Å². The maximum atomic E-state index is 12.4. The van der Waals surface area contributed by atoms with Crippen LogP contribution in [0, 0.1) is 5.92 Å². The van der Waals surface area contributed by atoms with Gasteiger partial charge in [-0.3, -0.25) is 4.79 Å². The van der Waals surface area contributed by atoms with Gasteiger partial charge in [-0.1, -0.05) is 18.2 Å². The Kier molecular flexibility index (Phi) is 6.01. The van der Waals surface area contributed by atoms with E-state index in [4.69, 9.17) is 4.74 Å². The Hall–Kier alpha value is -2.67. The van der Waals surface area contributed by atoms with Gasteiger partial charge in [-0.05, 0) is 24.1 Å². The number of anilines is 1. The molecule has 0 bridgehead atoms. The number of aliphatic hydroxyl groups is 1. The van der Waals surface area contributed by atoms with Crippen LogP contribution >= 0.6 is 0 Å². The highest BCUT2D eigenvalue weighted by molar-refractivity contribution is 5.76. The molecule has 3 rings (SSSR count). The van der Waals surface area contributed by atoms with Crippen molar-refractivity contribution in [2.75, 3.05) is 31.7 Å². The van der Waals surface area contributed by atoms with Crippen molar-refractivity contribution in [1.82, 2.24) is 15.3 Å². The Balaban J connectivity index is 1.56. The number of carbonyl (C=O) groups is 1. The molecule has 26 heavy (non-hydrogen) atoms. The molecule has 0 radical (unpaired) electrons. The van der Waals surface area contributed by atoms with Gasteiger partial charge in [0.25, 0.3) is 0 Å². The lowest BCUT2D eigenvalue weighted by molar-refractivity contribution is -0.121. The molecule has 7 nitrogen and oxygen atoms in total. The van der Waals surface area contributed by atoms with Crippen LogP contribution in [0.25, 0.3) is 0 Å². The first-order chi connectivity index (χ1) is 12.7. The van der Waals surface area contributed by atoms with Gasteiger partial charge in [0.2, 0.25) is 11.9 Å². The molecule has 1 saturated heterocycles. The van der Waals surface area contributed by atoms with E-state index < -0.39 is 0 Å². The van der Waals surface area contributed by atoms with Crippen LogP contribution in [0.4, 0.5) is 5.95 Å². The van der Waals surface area contributed by atoms with E-state index >= 15 is 0 Å². The monoisotopic (exact) mass is 356 g/mol. The summed E-state index contributed by atoms with van der Waals surface area (Å²) in [5.74, 6) is 1.35. The number of benzene rings is 1. The van der Waals surface area contributed by atoms with Crippen molar-refractivity contribution in [3.8, 4) is 5.75 Å². The Labute approximate surface area is 153 Å². The fourth-order valence-corrected chi connectivity index (χ4v) is 3.27. The molecule has 1 aromatic heterocycles. The summed E-state index contributed by atoms with van der Waals surface area (Å²) >= 11 is 0. The quantitative estimate of drug-likeness (QED) is 0.771. The topological polar surface area (TPSA) is 87.6 Å². The highest BCUT2D eigenvalue weighted by Crippen LogP contribution is 2.22. The van der Waals surface area contributed by atoms with Gasteiger partial charge in [0.05, 0.1) is 13.2 Å². The van der Waals surface area contributed by atoms with Crippen LogP contribution in [0.15, 0.2) is 42.7 Å². The number of aromatic nitrogens is 2. The largest absolute Gasteiger partial charge is 0.496 e. The van der Waals surface area contributed by atoms with Crippen molar-refractivity contribution < 1.29 is 14.6 Å². The van der Waals surface area contributed by atoms with E-state index in [9.17, 15) is 9.90 Å². The molecule has 2 N–H and O–H groups in total. The molecule has 2 atom stereocenters. The molecule has 1 aromatic carbocycles. The zero-order valence-electron chi connectivity index (χ0n) is 14.8. The standard InChI is InChI=1S/C19H24N4O3/c1-26-17-6-3-2-5-14(17)7-8-18(25)22-16-12-23(11-15(16)13-24)19-20-9-4-10-21-19/h2-6,9-10,15-16,24H,7-8,11-13H2,1H3,(H,22,25)/t15-,16+/m0/s1. The third kappa shape index (κ3) is 4.29. The molecule has 0 spiro atoms. The molecule has 1 amide bonds. The normalized spacial score (nSPS) is 19.4. The lowest BCUT2D eigenvalue weighted by atomic mass is 10.0. The minimum absolute atomic E-state index is 0.0147. The third-order valence-electron chi connectivity index (χ3n) is 4.67. The fourth-order valence-electron chi connectivity index (χ4n) is 3.27. The van der Waals surface area contributed by atoms with Crippen molar-refractivity contribution in [1.29, 1.82) is 0 Å². The fraction of sp³-hybridized carbons (Fsp3) is 0.421. The average Bonchev–Trinajstić information content (AvgIpc) is 3.10. The molecule has 0 aliphatic carbocycles. The second-order valence-electron chi connectivity index (χ2n) is 6.38. The molecule has 0 saturated carbocycles. The van der Waals surface area contributed by atoms with Gasteiger partial charge < -0.3 is 20.1 Å². The molecule has 0 unspecified atom stereocenters. The van der Waals surface area contributed by atoms with Crippen molar-refractivity contribution in [3.05, 3.63) is 48.3 Å². The van der Waals surface area contributed by atoms with Gasteiger partial charge in [-0.15, -0.1) is 0 Å². The Morgan fingerprint density at radius 1 is 1.27 bits per heavy atom. The zero-order valence-corrected chi connectivity index (χ0v) is 14.8. The first-order valence-electron chi connectivity index (χ1n) is 8.75. The van der Waals surface area contributed by atoms with Gasteiger partial charge in [-0.25, -0.2) is 9.97 Å². The lowest BCUT2D eigenvalue weighted by Crippen LogP contribution is -2.41. The smallest absolute Gasteiger partial charge is 0.225 e. The van der Waals surface area contributed by atoms with E-state index in [1.807, 2.05) is 29.2 Å². The second kappa shape index (κ2) is 8.62. The van der Waals surface area contributed by atoms with E-state index in [0.29, 0.717) is 31.9 Å². The highest BCUT2D eigenvalue weighted by Gasteiger charge is 2.34. The number of ether oxygens (including phenoxy) is 1. The van der Waals surface area contributed by atoms with Gasteiger partial charge in [0.15, 0.2) is 0 Å². The van der Waals surface area contributed by atoms with Crippen molar-refractivity contribution in [3.63, 3.8) is 0 Å². The molecule has 1 aliphatic rings. The number of aryl methyl sites for hydroxylation is 1. The number of nitrogens with one attached hydrogen (secondary N) is 1. The van der Waals surface area contributed by atoms with Crippen LogP contribution in [0.1, 0.15) is 12.0 Å². The van der Waals surface area contributed by atoms with Crippen molar-refractivity contribution in [2.45, 2.75) is 18.9 Å². The summed E-state index contributed by atoms with van der Waals surface area (Å²) in [6, 6.07) is 9.35. The van der Waals surface area contributed by atoms with Gasteiger partial charge in [0, 0.05) is 44.4 Å². The maximum Gasteiger partial charge on any atom is 0.225 e. The predicted molar refractivity (Wildman–Crippen MR) is 98.1 cm³/mol. The Bertz CT molecular complexity index is 726. The van der Waals surface area contributed by atoms with Gasteiger partial charge in [-0.2, -0.15) is 0 Å². The zero-order chi connectivity index (χ0) is 18.4. The highest BCUT2D eigenvalue weighted by atomic mass is 16.5. The predicted octanol–water partition coefficient (Wildman–Crippen LogP) is 1.03. The van der Waals surface area contributed by atoms with E-state index in [-0.39, 0.29) is 24.5 Å². The maximum absolute atomic E-state index is 12.4. The number of nitrogens with zero attached hydrogens (tertiary/aromatic N) is 3. The number of hydrogen-bond acceptors (Lipinski definition) is 6. The van der Waals surface area contributed by atoms with E-state index in [0.717, 1.165) is 11.3 Å². The Morgan fingerprint density at radius 3 is 2.77 bits per heavy atom. The summed E-state index contributed by atoms with van der Waals surface area (Å²) in [6.45, 7) is 1.23. The van der Waals surface area contributed by atoms with E-state index in [1.165, 1.54) is 0 Å². The summed E-state index contributed by atoms with van der Waals surface area (Å²) in [7, 11) is 1.63. The summed E-state index contributed by atoms with van der Waals surface area (Å²) in [5, 5.41) is 12.7. The first kappa shape index (κ1) is 18.1.